The summed E-state index contributed by atoms with van der Waals surface area (Å²) in [5, 5.41) is 2.57. The molecule has 0 rings (SSSR count). The van der Waals surface area contributed by atoms with Gasteiger partial charge in [-0.2, -0.15) is 0 Å². The standard InChI is InChI=1S/C12H21NO2/c1-5-8-9-10-12(4,6-2)15-11(14)13-7-3/h2H,5,7-10H2,1,3-4H3,(H,13,14). The van der Waals surface area contributed by atoms with E-state index in [4.69, 9.17) is 11.2 Å². The number of terminal acetylenes is 1. The fraction of sp³-hybridized carbons (Fsp3) is 0.750. The molecular weight excluding hydrogens is 190 g/mol. The number of alkyl carbamates (subject to hydrolysis) is 1. The summed E-state index contributed by atoms with van der Waals surface area (Å²) in [6.45, 7) is 6.29. The fourth-order valence-corrected chi connectivity index (χ4v) is 1.25. The van der Waals surface area contributed by atoms with Gasteiger partial charge in [-0.3, -0.25) is 0 Å². The highest BCUT2D eigenvalue weighted by molar-refractivity contribution is 5.68. The largest absolute Gasteiger partial charge is 0.430 e. The van der Waals surface area contributed by atoms with Crippen molar-refractivity contribution in [3.05, 3.63) is 0 Å². The molecule has 15 heavy (non-hydrogen) atoms. The Kier molecular flexibility index (Phi) is 6.61. The fourth-order valence-electron chi connectivity index (χ4n) is 1.25. The summed E-state index contributed by atoms with van der Waals surface area (Å²) in [6, 6.07) is 0. The smallest absolute Gasteiger partial charge is 0.408 e. The molecule has 1 atom stereocenters. The molecule has 0 aliphatic carbocycles. The molecule has 1 unspecified atom stereocenters. The number of nitrogens with one attached hydrogen (secondary N) is 1. The third-order valence-electron chi connectivity index (χ3n) is 2.20. The highest BCUT2D eigenvalue weighted by Crippen LogP contribution is 2.18. The lowest BCUT2D eigenvalue weighted by Gasteiger charge is -2.23. The van der Waals surface area contributed by atoms with Crippen LogP contribution in [-0.4, -0.2) is 18.2 Å². The van der Waals surface area contributed by atoms with Crippen LogP contribution in [0.25, 0.3) is 0 Å². The molecule has 0 spiro atoms. The number of amides is 1. The van der Waals surface area contributed by atoms with E-state index < -0.39 is 11.7 Å². The summed E-state index contributed by atoms with van der Waals surface area (Å²) < 4.78 is 5.19. The summed E-state index contributed by atoms with van der Waals surface area (Å²) in [6.07, 6.45) is 8.88. The Labute approximate surface area is 92.6 Å². The van der Waals surface area contributed by atoms with Gasteiger partial charge in [-0.25, -0.2) is 4.79 Å². The summed E-state index contributed by atoms with van der Waals surface area (Å²) in [7, 11) is 0. The minimum atomic E-state index is -0.769. The maximum Gasteiger partial charge on any atom is 0.408 e. The zero-order valence-corrected chi connectivity index (χ0v) is 9.93. The van der Waals surface area contributed by atoms with Crippen LogP contribution in [0.1, 0.15) is 46.5 Å². The lowest BCUT2D eigenvalue weighted by atomic mass is 9.99. The van der Waals surface area contributed by atoms with Gasteiger partial charge in [0, 0.05) is 6.54 Å². The van der Waals surface area contributed by atoms with Gasteiger partial charge in [-0.05, 0) is 26.7 Å². The summed E-state index contributed by atoms with van der Waals surface area (Å²) in [5.41, 5.74) is -0.769. The molecule has 0 aromatic carbocycles. The zero-order chi connectivity index (χ0) is 11.7. The molecule has 3 heteroatoms. The van der Waals surface area contributed by atoms with Gasteiger partial charge in [0.25, 0.3) is 0 Å². The molecule has 0 aromatic rings. The minimum Gasteiger partial charge on any atom is -0.430 e. The third kappa shape index (κ3) is 6.01. The summed E-state index contributed by atoms with van der Waals surface area (Å²) in [4.78, 5) is 11.2. The van der Waals surface area contributed by atoms with Crippen molar-refractivity contribution in [2.24, 2.45) is 0 Å². The first-order chi connectivity index (χ1) is 7.08. The number of carbonyl (C=O) groups excluding carboxylic acids is 1. The maximum atomic E-state index is 11.2. The van der Waals surface area contributed by atoms with Crippen molar-refractivity contribution in [1.82, 2.24) is 5.32 Å². The van der Waals surface area contributed by atoms with E-state index >= 15 is 0 Å². The number of carbonyl (C=O) groups is 1. The molecule has 86 valence electrons. The van der Waals surface area contributed by atoms with Gasteiger partial charge in [-0.15, -0.1) is 6.42 Å². The van der Waals surface area contributed by atoms with E-state index in [2.05, 4.69) is 18.2 Å². The Morgan fingerprint density at radius 2 is 2.13 bits per heavy atom. The SMILES string of the molecule is C#CC(C)(CCCCC)OC(=O)NCC. The second kappa shape index (κ2) is 7.17. The van der Waals surface area contributed by atoms with Crippen molar-refractivity contribution in [3.8, 4) is 12.3 Å². The van der Waals surface area contributed by atoms with Crippen molar-refractivity contribution in [2.45, 2.75) is 52.1 Å². The molecule has 0 fully saturated rings. The average Bonchev–Trinajstić information content (AvgIpc) is 2.18. The Morgan fingerprint density at radius 3 is 2.60 bits per heavy atom. The zero-order valence-electron chi connectivity index (χ0n) is 9.93. The lowest BCUT2D eigenvalue weighted by Crippen LogP contribution is -2.35. The average molecular weight is 211 g/mol. The van der Waals surface area contributed by atoms with Crippen molar-refractivity contribution in [1.29, 1.82) is 0 Å². The van der Waals surface area contributed by atoms with Gasteiger partial charge >= 0.3 is 6.09 Å². The van der Waals surface area contributed by atoms with Crippen LogP contribution in [-0.2, 0) is 4.74 Å². The normalized spacial score (nSPS) is 13.7. The molecule has 3 nitrogen and oxygen atoms in total. The molecule has 1 amide bonds. The first-order valence-corrected chi connectivity index (χ1v) is 5.52. The molecule has 0 aliphatic heterocycles. The number of rotatable bonds is 6. The first kappa shape index (κ1) is 13.8. The predicted octanol–water partition coefficient (Wildman–Crippen LogP) is 2.70. The second-order valence-corrected chi connectivity index (χ2v) is 3.75. The van der Waals surface area contributed by atoms with Crippen molar-refractivity contribution in [3.63, 3.8) is 0 Å². The third-order valence-corrected chi connectivity index (χ3v) is 2.20. The van der Waals surface area contributed by atoms with Crippen molar-refractivity contribution in [2.75, 3.05) is 6.54 Å². The van der Waals surface area contributed by atoms with Gasteiger partial charge in [-0.1, -0.05) is 25.7 Å². The number of ether oxygens (including phenoxy) is 1. The molecular formula is C12H21NO2. The molecule has 0 saturated heterocycles. The van der Waals surface area contributed by atoms with Gasteiger partial charge in [0.2, 0.25) is 0 Å². The van der Waals surface area contributed by atoms with Crippen LogP contribution in [0.3, 0.4) is 0 Å². The molecule has 0 heterocycles. The molecule has 0 aromatic heterocycles. The summed E-state index contributed by atoms with van der Waals surface area (Å²) >= 11 is 0. The van der Waals surface area contributed by atoms with Crippen molar-refractivity contribution >= 4 is 6.09 Å². The minimum absolute atomic E-state index is 0.436. The van der Waals surface area contributed by atoms with E-state index in [1.165, 1.54) is 0 Å². The number of hydrogen-bond donors (Lipinski definition) is 1. The van der Waals surface area contributed by atoms with E-state index in [1.54, 1.807) is 6.92 Å². The predicted molar refractivity (Wildman–Crippen MR) is 61.5 cm³/mol. The van der Waals surface area contributed by atoms with Crippen LogP contribution >= 0.6 is 0 Å². The Bertz CT molecular complexity index is 232. The Morgan fingerprint density at radius 1 is 1.47 bits per heavy atom. The van der Waals surface area contributed by atoms with E-state index in [1.807, 2.05) is 6.92 Å². The molecule has 0 saturated carbocycles. The van der Waals surface area contributed by atoms with Gasteiger partial charge in [0.05, 0.1) is 0 Å². The maximum absolute atomic E-state index is 11.2. The molecule has 0 radical (unpaired) electrons. The highest BCUT2D eigenvalue weighted by Gasteiger charge is 2.25. The van der Waals surface area contributed by atoms with Gasteiger partial charge < -0.3 is 10.1 Å². The van der Waals surface area contributed by atoms with Crippen LogP contribution in [0, 0.1) is 12.3 Å². The second-order valence-electron chi connectivity index (χ2n) is 3.75. The number of hydrogen-bond acceptors (Lipinski definition) is 2. The summed E-state index contributed by atoms with van der Waals surface area (Å²) in [5.74, 6) is 2.54. The van der Waals surface area contributed by atoms with E-state index in [9.17, 15) is 4.79 Å². The van der Waals surface area contributed by atoms with E-state index in [-0.39, 0.29) is 0 Å². The van der Waals surface area contributed by atoms with Crippen LogP contribution in [0.5, 0.6) is 0 Å². The van der Waals surface area contributed by atoms with Crippen LogP contribution < -0.4 is 5.32 Å². The lowest BCUT2D eigenvalue weighted by molar-refractivity contribution is 0.0590. The molecule has 1 N–H and O–H groups in total. The van der Waals surface area contributed by atoms with Gasteiger partial charge in [0.1, 0.15) is 0 Å². The first-order valence-electron chi connectivity index (χ1n) is 5.52. The monoisotopic (exact) mass is 211 g/mol. The Hall–Kier alpha value is -1.17. The molecule has 0 bridgehead atoms. The molecule has 0 aliphatic rings. The van der Waals surface area contributed by atoms with Gasteiger partial charge in [0.15, 0.2) is 5.60 Å². The Balaban J connectivity index is 4.07. The highest BCUT2D eigenvalue weighted by atomic mass is 16.6. The van der Waals surface area contributed by atoms with Crippen LogP contribution in [0.2, 0.25) is 0 Å². The topological polar surface area (TPSA) is 38.3 Å². The van der Waals surface area contributed by atoms with E-state index in [0.29, 0.717) is 13.0 Å². The van der Waals surface area contributed by atoms with Crippen molar-refractivity contribution < 1.29 is 9.53 Å². The quantitative estimate of drug-likeness (QED) is 0.542. The number of unbranched alkanes of at least 4 members (excludes halogenated alkanes) is 2. The van der Waals surface area contributed by atoms with E-state index in [0.717, 1.165) is 19.3 Å². The van der Waals surface area contributed by atoms with Crippen LogP contribution in [0.4, 0.5) is 4.79 Å². The van der Waals surface area contributed by atoms with Crippen LogP contribution in [0.15, 0.2) is 0 Å².